The topological polar surface area (TPSA) is 173 Å². The standard InChI is InChI=1S/C51H50F2N10O6/c1-26-16-33(17-27(2)41(26)52)63-44(60-14-13-59(48(60)67)38-11-10-37-35(42(38)53)24-54-58(37)7)40-29(4)61(25-50(43(40)56-63)22-34(64)23-50)45(65)39-19-32-18-30(31-12-15-68-49(5,6)21-31)8-9-36(32)62(39)51(20-28(51)3)46-55-47(66)69-57-46/h8-11,13-14,16-19,24,28-29,31H,12,15,20-23,25H2,1-7H3,(H,55,57,66)/t28-,29-,31-,51-/m0/s1. The number of rotatable bonds is 7. The van der Waals surface area contributed by atoms with Crippen LogP contribution in [0.2, 0.25) is 0 Å². The molecule has 354 valence electrons. The van der Waals surface area contributed by atoms with E-state index in [1.54, 1.807) is 53.4 Å². The van der Waals surface area contributed by atoms with Crippen molar-refractivity contribution in [2.45, 2.75) is 102 Å². The number of imidazole rings is 1. The van der Waals surface area contributed by atoms with Gasteiger partial charge in [0.15, 0.2) is 11.6 Å². The Hall–Kier alpha value is -7.21. The van der Waals surface area contributed by atoms with Gasteiger partial charge in [-0.15, -0.1) is 0 Å². The zero-order chi connectivity index (χ0) is 48.2. The first kappa shape index (κ1) is 43.1. The molecule has 1 saturated heterocycles. The lowest BCUT2D eigenvalue weighted by Crippen LogP contribution is -2.56. The quantitative estimate of drug-likeness (QED) is 0.170. The Kier molecular flexibility index (Phi) is 9.15. The highest BCUT2D eigenvalue weighted by molar-refractivity contribution is 6.00. The number of fused-ring (bicyclic) bond motifs is 4. The summed E-state index contributed by atoms with van der Waals surface area (Å²) in [5, 5.41) is 14.7. The lowest BCUT2D eigenvalue weighted by molar-refractivity contribution is -0.129. The Morgan fingerprint density at radius 1 is 0.913 bits per heavy atom. The number of aromatic amines is 1. The molecule has 16 nitrogen and oxygen atoms in total. The van der Waals surface area contributed by atoms with Gasteiger partial charge in [-0.3, -0.25) is 32.9 Å². The van der Waals surface area contributed by atoms with Gasteiger partial charge in [0.25, 0.3) is 5.91 Å². The van der Waals surface area contributed by atoms with E-state index in [1.165, 1.54) is 33.8 Å². The number of Topliss-reactive ketones (excluding diaryl/α,β-unsaturated/α-hetero) is 1. The molecule has 1 spiro atoms. The molecule has 3 aromatic carbocycles. The molecule has 1 N–H and O–H groups in total. The number of carbonyl (C=O) groups is 2. The highest BCUT2D eigenvalue weighted by atomic mass is 19.1. The van der Waals surface area contributed by atoms with Crippen LogP contribution in [0.3, 0.4) is 0 Å². The van der Waals surface area contributed by atoms with E-state index in [-0.39, 0.29) is 71.2 Å². The van der Waals surface area contributed by atoms with Crippen molar-refractivity contribution in [2.75, 3.05) is 13.2 Å². The third-order valence-corrected chi connectivity index (χ3v) is 15.6. The number of benzene rings is 3. The van der Waals surface area contributed by atoms with E-state index in [0.29, 0.717) is 58.1 Å². The van der Waals surface area contributed by atoms with Gasteiger partial charge in [0.05, 0.1) is 45.8 Å². The third-order valence-electron chi connectivity index (χ3n) is 15.6. The Morgan fingerprint density at radius 2 is 1.64 bits per heavy atom. The number of nitrogens with one attached hydrogen (secondary N) is 1. The smallest absolute Gasteiger partial charge is 0.376 e. The van der Waals surface area contributed by atoms with Gasteiger partial charge >= 0.3 is 11.4 Å². The fourth-order valence-corrected chi connectivity index (χ4v) is 12.0. The monoisotopic (exact) mass is 936 g/mol. The van der Waals surface area contributed by atoms with Crippen LogP contribution in [0.15, 0.2) is 81.2 Å². The van der Waals surface area contributed by atoms with Crippen LogP contribution in [0.5, 0.6) is 0 Å². The van der Waals surface area contributed by atoms with Gasteiger partial charge in [-0.25, -0.2) is 23.1 Å². The Bertz CT molecular complexity index is 3610. The largest absolute Gasteiger partial charge is 0.438 e. The number of nitrogens with zero attached hydrogens (tertiary/aromatic N) is 9. The molecular formula is C51H50F2N10O6. The zero-order valence-corrected chi connectivity index (χ0v) is 39.3. The number of hydrogen-bond acceptors (Lipinski definition) is 9. The van der Waals surface area contributed by atoms with Gasteiger partial charge < -0.3 is 14.2 Å². The van der Waals surface area contributed by atoms with Crippen molar-refractivity contribution < 1.29 is 27.6 Å². The first-order valence-electron chi connectivity index (χ1n) is 23.4. The lowest BCUT2D eigenvalue weighted by Gasteiger charge is -2.49. The molecule has 4 atom stereocenters. The molecule has 0 unspecified atom stereocenters. The van der Waals surface area contributed by atoms with Crippen molar-refractivity contribution in [1.29, 1.82) is 0 Å². The number of ketones is 1. The first-order valence-corrected chi connectivity index (χ1v) is 23.4. The fourth-order valence-electron chi connectivity index (χ4n) is 12.0. The highest BCUT2D eigenvalue weighted by Crippen LogP contribution is 2.57. The molecule has 0 bridgehead atoms. The second-order valence-corrected chi connectivity index (χ2v) is 20.5. The van der Waals surface area contributed by atoms with E-state index in [4.69, 9.17) is 14.4 Å². The predicted octanol–water partition coefficient (Wildman–Crippen LogP) is 7.50. The maximum absolute atomic E-state index is 16.3. The number of hydrogen-bond donors (Lipinski definition) is 1. The molecule has 2 aliphatic heterocycles. The van der Waals surface area contributed by atoms with Crippen molar-refractivity contribution in [1.82, 2.24) is 48.3 Å². The Morgan fingerprint density at radius 3 is 2.32 bits per heavy atom. The van der Waals surface area contributed by atoms with Gasteiger partial charge in [-0.05, 0) is 125 Å². The summed E-state index contributed by atoms with van der Waals surface area (Å²) in [6, 6.07) is 14.0. The molecule has 18 heteroatoms. The minimum atomic E-state index is -0.940. The summed E-state index contributed by atoms with van der Waals surface area (Å²) in [7, 11) is 1.71. The minimum Gasteiger partial charge on any atom is -0.376 e. The van der Waals surface area contributed by atoms with Crippen molar-refractivity contribution in [3.8, 4) is 17.2 Å². The van der Waals surface area contributed by atoms with Gasteiger partial charge in [0, 0.05) is 67.3 Å². The molecule has 4 aliphatic rings. The fraction of sp³-hybridized carbons (Fsp3) is 0.392. The third kappa shape index (κ3) is 6.22. The molecule has 5 aromatic heterocycles. The number of aromatic nitrogens is 9. The van der Waals surface area contributed by atoms with Crippen LogP contribution in [0.25, 0.3) is 39.0 Å². The summed E-state index contributed by atoms with van der Waals surface area (Å²) in [4.78, 5) is 61.3. The number of amides is 1. The Labute approximate surface area is 393 Å². The van der Waals surface area contributed by atoms with E-state index in [0.717, 1.165) is 29.3 Å². The Balaban J connectivity index is 1.05. The molecule has 8 aromatic rings. The van der Waals surface area contributed by atoms with E-state index in [1.807, 2.05) is 30.5 Å². The highest BCUT2D eigenvalue weighted by Gasteiger charge is 2.60. The molecule has 69 heavy (non-hydrogen) atoms. The summed E-state index contributed by atoms with van der Waals surface area (Å²) < 4.78 is 50.5. The number of halogens is 2. The van der Waals surface area contributed by atoms with Crippen LogP contribution >= 0.6 is 0 Å². The van der Waals surface area contributed by atoms with Crippen LogP contribution in [0, 0.1) is 31.4 Å². The summed E-state index contributed by atoms with van der Waals surface area (Å²) in [5.41, 5.74) is 2.27. The zero-order valence-electron chi connectivity index (χ0n) is 39.3. The summed E-state index contributed by atoms with van der Waals surface area (Å²) >= 11 is 0. The van der Waals surface area contributed by atoms with Crippen molar-refractivity contribution in [2.24, 2.45) is 13.0 Å². The average Bonchev–Trinajstić information content (AvgIpc) is 3.94. The van der Waals surface area contributed by atoms with E-state index < -0.39 is 34.3 Å². The lowest BCUT2D eigenvalue weighted by atomic mass is 9.62. The second kappa shape index (κ2) is 14.7. The minimum absolute atomic E-state index is 0.00394. The van der Waals surface area contributed by atoms with Crippen LogP contribution in [-0.4, -0.2) is 78.7 Å². The van der Waals surface area contributed by atoms with E-state index in [2.05, 4.69) is 41.2 Å². The van der Waals surface area contributed by atoms with Gasteiger partial charge in [0.1, 0.15) is 28.7 Å². The molecule has 1 amide bonds. The SMILES string of the molecule is Cc1cc(-n2nc3c(c2-n2ccn(-c4ccc5c(cnn5C)c4F)c2=O)[C@H](C)N(C(=O)c2cc4cc([C@H]5CCOC(C)(C)C5)ccc4n2[C@@]2(c4noc(=O)[nH]4)C[C@@H]2C)CC32CC(=O)C2)cc(C)c1F. The number of carbonyl (C=O) groups excluding carboxylic acids is 2. The molecule has 12 rings (SSSR count). The molecule has 0 radical (unpaired) electrons. The molecule has 7 heterocycles. The molecule has 3 fully saturated rings. The normalized spacial score (nSPS) is 22.7. The van der Waals surface area contributed by atoms with E-state index >= 15 is 13.6 Å². The summed E-state index contributed by atoms with van der Waals surface area (Å²) in [5.74, 6) is -1.30. The maximum atomic E-state index is 16.3. The number of H-pyrrole nitrogens is 1. The van der Waals surface area contributed by atoms with Crippen LogP contribution in [0.1, 0.15) is 116 Å². The summed E-state index contributed by atoms with van der Waals surface area (Å²) in [6.45, 7) is 12.2. The predicted molar refractivity (Wildman–Crippen MR) is 249 cm³/mol. The number of ether oxygens (including phenoxy) is 1. The van der Waals surface area contributed by atoms with Crippen molar-refractivity contribution >= 4 is 33.5 Å². The maximum Gasteiger partial charge on any atom is 0.438 e. The van der Waals surface area contributed by atoms with Crippen molar-refractivity contribution in [3.63, 3.8) is 0 Å². The van der Waals surface area contributed by atoms with Gasteiger partial charge in [-0.1, -0.05) is 18.1 Å². The first-order chi connectivity index (χ1) is 32.9. The molecule has 2 saturated carbocycles. The number of aryl methyl sites for hydroxylation is 3. The van der Waals surface area contributed by atoms with Crippen LogP contribution in [-0.2, 0) is 27.5 Å². The molecule has 2 aliphatic carbocycles. The average molecular weight is 937 g/mol. The van der Waals surface area contributed by atoms with Gasteiger partial charge in [-0.2, -0.15) is 10.2 Å². The van der Waals surface area contributed by atoms with Crippen molar-refractivity contribution in [3.05, 3.63) is 139 Å². The van der Waals surface area contributed by atoms with E-state index in [9.17, 15) is 14.4 Å². The van der Waals surface area contributed by atoms with Crippen LogP contribution in [0.4, 0.5) is 8.78 Å². The molecular weight excluding hydrogens is 887 g/mol. The van der Waals surface area contributed by atoms with Gasteiger partial charge in [0.2, 0.25) is 0 Å². The van der Waals surface area contributed by atoms with Crippen LogP contribution < -0.4 is 11.4 Å². The summed E-state index contributed by atoms with van der Waals surface area (Å²) in [6.07, 6.45) is 6.85. The second-order valence-electron chi connectivity index (χ2n) is 20.5.